The molecular formula is C18H15N3O3S. The average Bonchev–Trinajstić information content (AvgIpc) is 2.94. The number of benzene rings is 2. The molecule has 2 aromatic carbocycles. The maximum atomic E-state index is 12.1. The molecule has 0 radical (unpaired) electrons. The molecule has 3 N–H and O–H groups in total. The van der Waals surface area contributed by atoms with Crippen LogP contribution in [0.15, 0.2) is 64.5 Å². The van der Waals surface area contributed by atoms with Crippen molar-refractivity contribution < 1.29 is 14.3 Å². The molecular weight excluding hydrogens is 338 g/mol. The van der Waals surface area contributed by atoms with Crippen molar-refractivity contribution in [2.75, 3.05) is 6.61 Å². The molecule has 6 nitrogen and oxygen atoms in total. The van der Waals surface area contributed by atoms with Gasteiger partial charge in [0.05, 0.1) is 10.6 Å². The molecule has 2 amide bonds. The monoisotopic (exact) mass is 353 g/mol. The number of nitrogens with one attached hydrogen (secondary N) is 1. The lowest BCUT2D eigenvalue weighted by Crippen LogP contribution is -2.19. The Morgan fingerprint density at radius 1 is 1.16 bits per heavy atom. The second-order valence-corrected chi connectivity index (χ2v) is 6.17. The van der Waals surface area contributed by atoms with E-state index < -0.39 is 5.91 Å². The summed E-state index contributed by atoms with van der Waals surface area (Å²) in [6.45, 7) is -0.169. The summed E-state index contributed by atoms with van der Waals surface area (Å²) >= 11 is 1.28. The number of hydrogen-bond acceptors (Lipinski definition) is 5. The van der Waals surface area contributed by atoms with E-state index >= 15 is 0 Å². The average molecular weight is 353 g/mol. The predicted octanol–water partition coefficient (Wildman–Crippen LogP) is 2.44. The van der Waals surface area contributed by atoms with Crippen molar-refractivity contribution in [3.8, 4) is 5.75 Å². The van der Waals surface area contributed by atoms with Gasteiger partial charge in [-0.05, 0) is 47.7 Å². The normalized spacial score (nSPS) is 16.9. The number of para-hydroxylation sites is 1. The Balaban J connectivity index is 1.70. The van der Waals surface area contributed by atoms with Crippen LogP contribution in [0.4, 0.5) is 5.69 Å². The Labute approximate surface area is 148 Å². The molecule has 0 aromatic heterocycles. The third-order valence-electron chi connectivity index (χ3n) is 3.20. The van der Waals surface area contributed by atoms with Gasteiger partial charge in [0, 0.05) is 0 Å². The highest BCUT2D eigenvalue weighted by molar-refractivity contribution is 8.18. The molecule has 3 rings (SSSR count). The van der Waals surface area contributed by atoms with Crippen molar-refractivity contribution in [1.82, 2.24) is 5.32 Å². The van der Waals surface area contributed by atoms with Crippen LogP contribution >= 0.6 is 11.8 Å². The number of ether oxygens (including phenoxy) is 1. The number of amidine groups is 1. The van der Waals surface area contributed by atoms with Crippen LogP contribution in [0.1, 0.15) is 5.56 Å². The van der Waals surface area contributed by atoms with Crippen LogP contribution in [0.2, 0.25) is 0 Å². The van der Waals surface area contributed by atoms with Crippen molar-refractivity contribution in [1.29, 1.82) is 0 Å². The van der Waals surface area contributed by atoms with Crippen molar-refractivity contribution in [3.05, 3.63) is 65.1 Å². The summed E-state index contributed by atoms with van der Waals surface area (Å²) in [5, 5.41) is 3.29. The Morgan fingerprint density at radius 3 is 2.56 bits per heavy atom. The number of carbonyl (C=O) groups excluding carboxylic acids is 2. The summed E-state index contributed by atoms with van der Waals surface area (Å²) in [5.74, 6) is -0.181. The van der Waals surface area contributed by atoms with E-state index in [-0.39, 0.29) is 12.5 Å². The molecule has 0 saturated carbocycles. The fourth-order valence-corrected chi connectivity index (χ4v) is 2.91. The summed E-state index contributed by atoms with van der Waals surface area (Å²) in [6.07, 6.45) is 1.77. The van der Waals surface area contributed by atoms with Crippen molar-refractivity contribution in [2.45, 2.75) is 0 Å². The van der Waals surface area contributed by atoms with E-state index in [0.717, 1.165) is 11.3 Å². The first-order valence-corrected chi connectivity index (χ1v) is 8.27. The fraction of sp³-hybridized carbons (Fsp3) is 0.0556. The topological polar surface area (TPSA) is 93.8 Å². The molecule has 1 aliphatic rings. The van der Waals surface area contributed by atoms with Crippen LogP contribution in [0, 0.1) is 0 Å². The third kappa shape index (κ3) is 4.71. The van der Waals surface area contributed by atoms with Gasteiger partial charge in [0.25, 0.3) is 11.8 Å². The zero-order chi connectivity index (χ0) is 17.6. The zero-order valence-corrected chi connectivity index (χ0v) is 14.0. The minimum atomic E-state index is -0.532. The predicted molar refractivity (Wildman–Crippen MR) is 98.4 cm³/mol. The maximum Gasteiger partial charge on any atom is 0.264 e. The molecule has 0 bridgehead atoms. The van der Waals surface area contributed by atoms with Crippen LogP contribution in [0.5, 0.6) is 5.75 Å². The van der Waals surface area contributed by atoms with Crippen molar-refractivity contribution >= 4 is 40.5 Å². The number of rotatable bonds is 5. The molecule has 1 heterocycles. The molecule has 1 aliphatic heterocycles. The minimum absolute atomic E-state index is 0.169. The Morgan fingerprint density at radius 2 is 1.88 bits per heavy atom. The summed E-state index contributed by atoms with van der Waals surface area (Å²) in [5.41, 5.74) is 6.65. The van der Waals surface area contributed by atoms with Gasteiger partial charge in [-0.25, -0.2) is 4.99 Å². The second kappa shape index (κ2) is 7.67. The number of nitrogens with two attached hydrogens (primary N) is 1. The third-order valence-corrected chi connectivity index (χ3v) is 4.11. The number of hydrogen-bond donors (Lipinski definition) is 2. The molecule has 0 spiro atoms. The van der Waals surface area contributed by atoms with Crippen LogP contribution in [0.25, 0.3) is 6.08 Å². The molecule has 0 atom stereocenters. The lowest BCUT2D eigenvalue weighted by molar-refractivity contribution is -0.120. The SMILES string of the molecule is NC(=O)COc1ccc(/C=C2\SC(=Nc3ccccc3)NC2=O)cc1. The fourth-order valence-electron chi connectivity index (χ4n) is 2.07. The van der Waals surface area contributed by atoms with Crippen LogP contribution in [-0.2, 0) is 9.59 Å². The minimum Gasteiger partial charge on any atom is -0.484 e. The van der Waals surface area contributed by atoms with E-state index in [4.69, 9.17) is 10.5 Å². The van der Waals surface area contributed by atoms with Crippen molar-refractivity contribution in [2.24, 2.45) is 10.7 Å². The van der Waals surface area contributed by atoms with E-state index in [2.05, 4.69) is 10.3 Å². The molecule has 1 fully saturated rings. The van der Waals surface area contributed by atoms with E-state index in [1.807, 2.05) is 30.3 Å². The smallest absolute Gasteiger partial charge is 0.264 e. The van der Waals surface area contributed by atoms with Gasteiger partial charge >= 0.3 is 0 Å². The van der Waals surface area contributed by atoms with Gasteiger partial charge in [0.2, 0.25) is 0 Å². The Hall–Kier alpha value is -3.06. The quantitative estimate of drug-likeness (QED) is 0.807. The van der Waals surface area contributed by atoms with Gasteiger partial charge in [-0.2, -0.15) is 0 Å². The zero-order valence-electron chi connectivity index (χ0n) is 13.1. The first-order valence-electron chi connectivity index (χ1n) is 7.46. The maximum absolute atomic E-state index is 12.1. The highest BCUT2D eigenvalue weighted by atomic mass is 32.2. The number of nitrogens with zero attached hydrogens (tertiary/aromatic N) is 1. The van der Waals surface area contributed by atoms with Crippen molar-refractivity contribution in [3.63, 3.8) is 0 Å². The lowest BCUT2D eigenvalue weighted by atomic mass is 10.2. The molecule has 1 saturated heterocycles. The van der Waals surface area contributed by atoms with E-state index in [1.54, 1.807) is 30.3 Å². The van der Waals surface area contributed by atoms with Gasteiger partial charge in [-0.1, -0.05) is 30.3 Å². The molecule has 126 valence electrons. The summed E-state index contributed by atoms with van der Waals surface area (Å²) in [7, 11) is 0. The van der Waals surface area contributed by atoms with Crippen LogP contribution in [-0.4, -0.2) is 23.6 Å². The number of primary amides is 1. The number of thioether (sulfide) groups is 1. The van der Waals surface area contributed by atoms with Crippen LogP contribution in [0.3, 0.4) is 0 Å². The molecule has 0 unspecified atom stereocenters. The largest absolute Gasteiger partial charge is 0.484 e. The summed E-state index contributed by atoms with van der Waals surface area (Å²) in [6, 6.07) is 16.4. The van der Waals surface area contributed by atoms with Crippen LogP contribution < -0.4 is 15.8 Å². The van der Waals surface area contributed by atoms with E-state index in [0.29, 0.717) is 15.8 Å². The highest BCUT2D eigenvalue weighted by Crippen LogP contribution is 2.28. The second-order valence-electron chi connectivity index (χ2n) is 5.14. The molecule has 7 heteroatoms. The molecule has 25 heavy (non-hydrogen) atoms. The summed E-state index contributed by atoms with van der Waals surface area (Å²) in [4.78, 5) is 27.7. The first kappa shape index (κ1) is 16.8. The van der Waals surface area contributed by atoms with E-state index in [1.165, 1.54) is 11.8 Å². The van der Waals surface area contributed by atoms with Gasteiger partial charge in [0.15, 0.2) is 11.8 Å². The van der Waals surface area contributed by atoms with E-state index in [9.17, 15) is 9.59 Å². The highest BCUT2D eigenvalue weighted by Gasteiger charge is 2.23. The standard InChI is InChI=1S/C18H15N3O3S/c19-16(22)11-24-14-8-6-12(7-9-14)10-15-17(23)21-18(25-15)20-13-4-2-1-3-5-13/h1-10H,11H2,(H2,19,22)(H,20,21,23)/b15-10-. The summed E-state index contributed by atoms with van der Waals surface area (Å²) < 4.78 is 5.20. The van der Waals surface area contributed by atoms with Gasteiger partial charge in [-0.3, -0.25) is 9.59 Å². The number of carbonyl (C=O) groups is 2. The van der Waals surface area contributed by atoms with Gasteiger partial charge in [0.1, 0.15) is 5.75 Å². The molecule has 2 aromatic rings. The lowest BCUT2D eigenvalue weighted by Gasteiger charge is -2.03. The number of amides is 2. The number of aliphatic imine (C=N–C) groups is 1. The van der Waals surface area contributed by atoms with Gasteiger partial charge < -0.3 is 15.8 Å². The molecule has 0 aliphatic carbocycles. The first-order chi connectivity index (χ1) is 12.1. The Kier molecular flexibility index (Phi) is 5.15. The Bertz CT molecular complexity index is 846. The van der Waals surface area contributed by atoms with Gasteiger partial charge in [-0.15, -0.1) is 0 Å².